The van der Waals surface area contributed by atoms with E-state index in [-0.39, 0.29) is 30.5 Å². The lowest BCUT2D eigenvalue weighted by Crippen LogP contribution is -2.33. The molecule has 212 valence electrons. The van der Waals surface area contributed by atoms with Crippen molar-refractivity contribution < 1.29 is 18.7 Å². The predicted molar refractivity (Wildman–Crippen MR) is 157 cm³/mol. The van der Waals surface area contributed by atoms with Crippen LogP contribution in [-0.4, -0.2) is 34.6 Å². The number of rotatable bonds is 12. The number of nitrogens with zero attached hydrogens (tertiary/aromatic N) is 4. The van der Waals surface area contributed by atoms with E-state index in [0.29, 0.717) is 28.9 Å². The lowest BCUT2D eigenvalue weighted by Gasteiger charge is -2.23. The second-order valence-corrected chi connectivity index (χ2v) is 9.80. The number of esters is 1. The van der Waals surface area contributed by atoms with Gasteiger partial charge in [0.15, 0.2) is 0 Å². The molecule has 4 rings (SSSR count). The number of anilines is 2. The molecule has 0 aliphatic carbocycles. The molecule has 0 fully saturated rings. The molecule has 4 aromatic rings. The van der Waals surface area contributed by atoms with Crippen LogP contribution in [0.15, 0.2) is 60.7 Å². The van der Waals surface area contributed by atoms with Crippen molar-refractivity contribution in [2.24, 2.45) is 0 Å². The maximum Gasteiger partial charge on any atom is 0.307 e. The zero-order valence-corrected chi connectivity index (χ0v) is 23.7. The number of halogens is 2. The second kappa shape index (κ2) is 13.8. The van der Waals surface area contributed by atoms with E-state index in [4.69, 9.17) is 26.6 Å². The van der Waals surface area contributed by atoms with Gasteiger partial charge in [0, 0.05) is 30.0 Å². The SMILES string of the molecule is CCCCn1c(CNc2ccc(C#N)cc2)nc2cc(C(=O)N(CCC(=O)OCC)c3ccc(F)c(Cl)c3)ccc21. The zero-order chi connectivity index (χ0) is 29.4. The third-order valence-corrected chi connectivity index (χ3v) is 6.87. The highest BCUT2D eigenvalue weighted by Crippen LogP contribution is 2.26. The summed E-state index contributed by atoms with van der Waals surface area (Å²) in [4.78, 5) is 32.1. The van der Waals surface area contributed by atoms with Gasteiger partial charge in [-0.15, -0.1) is 0 Å². The summed E-state index contributed by atoms with van der Waals surface area (Å²) in [6.07, 6.45) is 1.94. The van der Waals surface area contributed by atoms with E-state index in [0.717, 1.165) is 36.4 Å². The number of unbranched alkanes of at least 4 members (excludes halogenated alkanes) is 1. The van der Waals surface area contributed by atoms with Crippen molar-refractivity contribution in [3.63, 3.8) is 0 Å². The predicted octanol–water partition coefficient (Wildman–Crippen LogP) is 6.71. The highest BCUT2D eigenvalue weighted by Gasteiger charge is 2.22. The molecule has 8 nitrogen and oxygen atoms in total. The minimum absolute atomic E-state index is 0.0301. The molecule has 1 N–H and O–H groups in total. The molecule has 0 unspecified atom stereocenters. The Morgan fingerprint density at radius 3 is 2.59 bits per heavy atom. The maximum atomic E-state index is 13.9. The van der Waals surface area contributed by atoms with E-state index in [1.54, 1.807) is 31.2 Å². The van der Waals surface area contributed by atoms with Gasteiger partial charge in [0.2, 0.25) is 0 Å². The summed E-state index contributed by atoms with van der Waals surface area (Å²) in [5.74, 6) is -0.608. The molecule has 10 heteroatoms. The normalized spacial score (nSPS) is 10.8. The Morgan fingerprint density at radius 1 is 1.12 bits per heavy atom. The lowest BCUT2D eigenvalue weighted by molar-refractivity contribution is -0.142. The molecule has 0 saturated heterocycles. The van der Waals surface area contributed by atoms with Crippen molar-refractivity contribution in [1.82, 2.24) is 9.55 Å². The Labute approximate surface area is 243 Å². The van der Waals surface area contributed by atoms with E-state index in [1.807, 2.05) is 18.2 Å². The zero-order valence-electron chi connectivity index (χ0n) is 23.0. The molecule has 1 aromatic heterocycles. The van der Waals surface area contributed by atoms with Crippen LogP contribution in [-0.2, 0) is 22.6 Å². The Bertz CT molecular complexity index is 1580. The minimum atomic E-state index is -0.602. The summed E-state index contributed by atoms with van der Waals surface area (Å²) >= 11 is 6.01. The number of carbonyl (C=O) groups excluding carboxylic acids is 2. The quantitative estimate of drug-likeness (QED) is 0.188. The lowest BCUT2D eigenvalue weighted by atomic mass is 10.1. The number of aryl methyl sites for hydroxylation is 1. The molecule has 0 saturated carbocycles. The third kappa shape index (κ3) is 7.21. The van der Waals surface area contributed by atoms with Crippen molar-refractivity contribution in [2.45, 2.75) is 46.2 Å². The molecule has 0 radical (unpaired) electrons. The van der Waals surface area contributed by atoms with E-state index in [1.165, 1.54) is 23.1 Å². The molecular formula is C31H31ClFN5O3. The molecule has 0 spiro atoms. The number of nitrogens with one attached hydrogen (secondary N) is 1. The molecule has 1 heterocycles. The average molecular weight is 576 g/mol. The molecule has 0 aliphatic heterocycles. The first kappa shape index (κ1) is 29.6. The first-order valence-corrected chi connectivity index (χ1v) is 13.9. The smallest absolute Gasteiger partial charge is 0.307 e. The van der Waals surface area contributed by atoms with Crippen LogP contribution in [0.25, 0.3) is 11.0 Å². The fourth-order valence-electron chi connectivity index (χ4n) is 4.45. The van der Waals surface area contributed by atoms with Crippen LogP contribution >= 0.6 is 11.6 Å². The Kier molecular flexibility index (Phi) is 9.93. The Hall–Kier alpha value is -4.42. The molecule has 0 bridgehead atoms. The van der Waals surface area contributed by atoms with Gasteiger partial charge >= 0.3 is 5.97 Å². The van der Waals surface area contributed by atoms with E-state index in [9.17, 15) is 14.0 Å². The minimum Gasteiger partial charge on any atom is -0.466 e. The van der Waals surface area contributed by atoms with Gasteiger partial charge in [0.05, 0.1) is 47.3 Å². The monoisotopic (exact) mass is 575 g/mol. The summed E-state index contributed by atoms with van der Waals surface area (Å²) in [5, 5.41) is 12.3. The fraction of sp³-hybridized carbons (Fsp3) is 0.290. The van der Waals surface area contributed by atoms with E-state index >= 15 is 0 Å². The Balaban J connectivity index is 1.64. The standard InChI is InChI=1S/C31H31ClFN5O3/c1-3-5-15-38-28-13-8-22(17-27(28)36-29(38)20-35-23-9-6-21(19-34)7-10-23)31(40)37(16-14-30(39)41-4-2)24-11-12-26(33)25(32)18-24/h6-13,17-18,35H,3-5,14-16,20H2,1-2H3. The van der Waals surface area contributed by atoms with Crippen LogP contribution in [0.1, 0.15) is 54.9 Å². The number of carbonyl (C=O) groups is 2. The van der Waals surface area contributed by atoms with Gasteiger partial charge in [-0.2, -0.15) is 5.26 Å². The van der Waals surface area contributed by atoms with Crippen molar-refractivity contribution in [3.8, 4) is 6.07 Å². The van der Waals surface area contributed by atoms with Crippen LogP contribution in [0.5, 0.6) is 0 Å². The van der Waals surface area contributed by atoms with Crippen molar-refractivity contribution >= 4 is 45.9 Å². The van der Waals surface area contributed by atoms with Gasteiger partial charge in [0.25, 0.3) is 5.91 Å². The van der Waals surface area contributed by atoms with Gasteiger partial charge in [-0.3, -0.25) is 9.59 Å². The summed E-state index contributed by atoms with van der Waals surface area (Å²) in [7, 11) is 0. The maximum absolute atomic E-state index is 13.9. The molecule has 1 amide bonds. The van der Waals surface area contributed by atoms with Gasteiger partial charge < -0.3 is 19.5 Å². The number of hydrogen-bond donors (Lipinski definition) is 1. The number of benzene rings is 3. The second-order valence-electron chi connectivity index (χ2n) is 9.39. The molecular weight excluding hydrogens is 545 g/mol. The van der Waals surface area contributed by atoms with Gasteiger partial charge in [0.1, 0.15) is 11.6 Å². The number of amides is 1. The van der Waals surface area contributed by atoms with E-state index in [2.05, 4.69) is 22.9 Å². The summed E-state index contributed by atoms with van der Waals surface area (Å²) in [5.41, 5.74) is 3.74. The number of aromatic nitrogens is 2. The van der Waals surface area contributed by atoms with Crippen LogP contribution in [0.4, 0.5) is 15.8 Å². The Morgan fingerprint density at radius 2 is 1.90 bits per heavy atom. The van der Waals surface area contributed by atoms with Crippen LogP contribution < -0.4 is 10.2 Å². The number of ether oxygens (including phenoxy) is 1. The summed E-state index contributed by atoms with van der Waals surface area (Å²) in [6, 6.07) is 18.7. The number of nitriles is 1. The number of imidazole rings is 1. The molecule has 3 aromatic carbocycles. The highest BCUT2D eigenvalue weighted by molar-refractivity contribution is 6.31. The summed E-state index contributed by atoms with van der Waals surface area (Å²) in [6.45, 7) is 5.32. The summed E-state index contributed by atoms with van der Waals surface area (Å²) < 4.78 is 21.0. The fourth-order valence-corrected chi connectivity index (χ4v) is 4.62. The number of hydrogen-bond acceptors (Lipinski definition) is 6. The first-order valence-electron chi connectivity index (χ1n) is 13.5. The van der Waals surface area contributed by atoms with E-state index < -0.39 is 11.8 Å². The third-order valence-electron chi connectivity index (χ3n) is 6.58. The number of fused-ring (bicyclic) bond motifs is 1. The largest absolute Gasteiger partial charge is 0.466 e. The first-order chi connectivity index (χ1) is 19.8. The highest BCUT2D eigenvalue weighted by atomic mass is 35.5. The van der Waals surface area contributed by atoms with Gasteiger partial charge in [-0.1, -0.05) is 24.9 Å². The average Bonchev–Trinajstić information content (AvgIpc) is 3.33. The van der Waals surface area contributed by atoms with Crippen LogP contribution in [0.2, 0.25) is 5.02 Å². The molecule has 0 atom stereocenters. The van der Waals surface area contributed by atoms with Crippen LogP contribution in [0.3, 0.4) is 0 Å². The molecule has 41 heavy (non-hydrogen) atoms. The molecule has 0 aliphatic rings. The van der Waals surface area contributed by atoms with Gasteiger partial charge in [-0.25, -0.2) is 9.37 Å². The van der Waals surface area contributed by atoms with Crippen LogP contribution in [0, 0.1) is 17.1 Å². The van der Waals surface area contributed by atoms with Gasteiger partial charge in [-0.05, 0) is 74.0 Å². The van der Waals surface area contributed by atoms with Crippen molar-refractivity contribution in [3.05, 3.63) is 88.5 Å². The van der Waals surface area contributed by atoms with Crippen molar-refractivity contribution in [2.75, 3.05) is 23.4 Å². The topological polar surface area (TPSA) is 100 Å². The van der Waals surface area contributed by atoms with Crippen molar-refractivity contribution in [1.29, 1.82) is 5.26 Å².